The van der Waals surface area contributed by atoms with E-state index in [0.717, 1.165) is 19.3 Å². The minimum atomic E-state index is -3.96. The molecule has 0 aromatic carbocycles. The van der Waals surface area contributed by atoms with E-state index in [1.165, 1.54) is 77.0 Å². The molecule has 0 aliphatic rings. The largest absolute Gasteiger partial charge is 0.412 e. The molecule has 27 heavy (non-hydrogen) atoms. The van der Waals surface area contributed by atoms with Gasteiger partial charge in [-0.1, -0.05) is 96.8 Å². The van der Waals surface area contributed by atoms with Crippen LogP contribution in [-0.2, 0) is 10.1 Å². The molecule has 0 amide bonds. The first-order chi connectivity index (χ1) is 12.2. The molecular formula is C21H47NO4S. The van der Waals surface area contributed by atoms with Crippen LogP contribution in [-0.4, -0.2) is 29.7 Å². The van der Waals surface area contributed by atoms with Crippen molar-refractivity contribution in [1.29, 1.82) is 0 Å². The standard InChI is InChI=1S/C21H45NO3S.H2O/c1-4-5-6-7-8-9-10-11-12-13-14-15-16-17-18-20(21(2,3)22)19-26(23,24)25;/h20H,4-19,22H2,1-3H3,(H,23,24,25);1H2. The molecule has 0 saturated heterocycles. The lowest BCUT2D eigenvalue weighted by Gasteiger charge is -2.29. The highest BCUT2D eigenvalue weighted by Crippen LogP contribution is 2.23. The van der Waals surface area contributed by atoms with Gasteiger partial charge in [-0.25, -0.2) is 0 Å². The highest BCUT2D eigenvalue weighted by atomic mass is 32.2. The van der Waals surface area contributed by atoms with Gasteiger partial charge >= 0.3 is 0 Å². The number of rotatable bonds is 18. The van der Waals surface area contributed by atoms with Crippen molar-refractivity contribution in [3.05, 3.63) is 0 Å². The number of hydrogen-bond donors (Lipinski definition) is 2. The summed E-state index contributed by atoms with van der Waals surface area (Å²) in [4.78, 5) is 0. The normalized spacial score (nSPS) is 13.4. The molecule has 0 aromatic rings. The van der Waals surface area contributed by atoms with Crippen molar-refractivity contribution in [2.24, 2.45) is 11.7 Å². The SMILES string of the molecule is CCCCCCCCCCCCCCCCC(CS(=O)(=O)O)C(C)(C)N.O. The molecule has 1 atom stereocenters. The second-order valence-corrected chi connectivity index (χ2v) is 10.1. The zero-order valence-electron chi connectivity index (χ0n) is 18.1. The molecule has 0 radical (unpaired) electrons. The lowest BCUT2D eigenvalue weighted by molar-refractivity contribution is 0.311. The summed E-state index contributed by atoms with van der Waals surface area (Å²) in [5, 5.41) is 0. The Kier molecular flexibility index (Phi) is 18.0. The molecule has 0 heterocycles. The van der Waals surface area contributed by atoms with Gasteiger partial charge in [0, 0.05) is 5.54 Å². The summed E-state index contributed by atoms with van der Waals surface area (Å²) >= 11 is 0. The van der Waals surface area contributed by atoms with Crippen LogP contribution in [0.5, 0.6) is 0 Å². The molecule has 5 nitrogen and oxygen atoms in total. The summed E-state index contributed by atoms with van der Waals surface area (Å²) in [6.45, 7) is 5.94. The molecule has 0 aromatic heterocycles. The molecule has 0 rings (SSSR count). The summed E-state index contributed by atoms with van der Waals surface area (Å²) < 4.78 is 31.4. The highest BCUT2D eigenvalue weighted by molar-refractivity contribution is 7.85. The van der Waals surface area contributed by atoms with E-state index in [-0.39, 0.29) is 17.1 Å². The Bertz CT molecular complexity index is 418. The van der Waals surface area contributed by atoms with Gasteiger partial charge in [-0.15, -0.1) is 0 Å². The van der Waals surface area contributed by atoms with Crippen LogP contribution in [0.4, 0.5) is 0 Å². The lowest BCUT2D eigenvalue weighted by atomic mass is 9.85. The lowest BCUT2D eigenvalue weighted by Crippen LogP contribution is -2.44. The molecule has 5 N–H and O–H groups in total. The van der Waals surface area contributed by atoms with Gasteiger partial charge in [0.25, 0.3) is 10.1 Å². The summed E-state index contributed by atoms with van der Waals surface area (Å²) in [5.41, 5.74) is 5.49. The Morgan fingerprint density at radius 3 is 1.41 bits per heavy atom. The first-order valence-electron chi connectivity index (χ1n) is 10.9. The van der Waals surface area contributed by atoms with E-state index >= 15 is 0 Å². The fourth-order valence-corrected chi connectivity index (χ4v) is 4.61. The fourth-order valence-electron chi connectivity index (χ4n) is 3.51. The van der Waals surface area contributed by atoms with Crippen LogP contribution in [0, 0.1) is 5.92 Å². The predicted molar refractivity (Wildman–Crippen MR) is 117 cm³/mol. The average molecular weight is 410 g/mol. The van der Waals surface area contributed by atoms with E-state index in [1.54, 1.807) is 0 Å². The van der Waals surface area contributed by atoms with Crippen LogP contribution >= 0.6 is 0 Å². The monoisotopic (exact) mass is 409 g/mol. The van der Waals surface area contributed by atoms with E-state index in [9.17, 15) is 8.42 Å². The van der Waals surface area contributed by atoms with E-state index < -0.39 is 15.7 Å². The van der Waals surface area contributed by atoms with E-state index in [2.05, 4.69) is 6.92 Å². The first-order valence-corrected chi connectivity index (χ1v) is 12.5. The molecule has 0 aliphatic carbocycles. The Labute approximate surface area is 168 Å². The van der Waals surface area contributed by atoms with Crippen LogP contribution in [0.1, 0.15) is 117 Å². The third kappa shape index (κ3) is 20.4. The second kappa shape index (κ2) is 16.8. The van der Waals surface area contributed by atoms with Crippen LogP contribution in [0.3, 0.4) is 0 Å². The Balaban J connectivity index is 0. The molecule has 0 bridgehead atoms. The van der Waals surface area contributed by atoms with Crippen LogP contribution in [0.15, 0.2) is 0 Å². The number of unbranched alkanes of at least 4 members (excludes halogenated alkanes) is 13. The van der Waals surface area contributed by atoms with Gasteiger partial charge in [0.1, 0.15) is 0 Å². The van der Waals surface area contributed by atoms with Crippen LogP contribution < -0.4 is 5.73 Å². The second-order valence-electron chi connectivity index (χ2n) is 8.65. The zero-order chi connectivity index (χ0) is 19.9. The summed E-state index contributed by atoms with van der Waals surface area (Å²) in [6.07, 6.45) is 19.1. The minimum Gasteiger partial charge on any atom is -0.412 e. The van der Waals surface area contributed by atoms with Gasteiger partial charge in [0.15, 0.2) is 0 Å². The minimum absolute atomic E-state index is 0. The van der Waals surface area contributed by atoms with E-state index in [1.807, 2.05) is 13.8 Å². The molecule has 0 aliphatic heterocycles. The van der Waals surface area contributed by atoms with Crippen molar-refractivity contribution in [2.75, 3.05) is 5.75 Å². The molecule has 0 fully saturated rings. The third-order valence-corrected chi connectivity index (χ3v) is 6.19. The summed E-state index contributed by atoms with van der Waals surface area (Å²) in [6, 6.07) is 0. The molecule has 6 heteroatoms. The zero-order valence-corrected chi connectivity index (χ0v) is 19.0. The van der Waals surface area contributed by atoms with Crippen molar-refractivity contribution in [1.82, 2.24) is 0 Å². The van der Waals surface area contributed by atoms with Crippen molar-refractivity contribution >= 4 is 10.1 Å². The average Bonchev–Trinajstić information content (AvgIpc) is 2.52. The maximum atomic E-state index is 11.1. The van der Waals surface area contributed by atoms with Gasteiger partial charge in [-0.2, -0.15) is 8.42 Å². The topological polar surface area (TPSA) is 112 Å². The van der Waals surface area contributed by atoms with Gasteiger partial charge in [0.2, 0.25) is 0 Å². The fraction of sp³-hybridized carbons (Fsp3) is 1.00. The highest BCUT2D eigenvalue weighted by Gasteiger charge is 2.28. The quantitative estimate of drug-likeness (QED) is 0.237. The van der Waals surface area contributed by atoms with Crippen molar-refractivity contribution in [3.8, 4) is 0 Å². The van der Waals surface area contributed by atoms with Crippen molar-refractivity contribution in [3.63, 3.8) is 0 Å². The smallest absolute Gasteiger partial charge is 0.265 e. The van der Waals surface area contributed by atoms with Crippen LogP contribution in [0.25, 0.3) is 0 Å². The van der Waals surface area contributed by atoms with Crippen LogP contribution in [0.2, 0.25) is 0 Å². The number of hydrogen-bond acceptors (Lipinski definition) is 3. The first kappa shape index (κ1) is 29.0. The molecule has 1 unspecified atom stereocenters. The Morgan fingerprint density at radius 1 is 0.778 bits per heavy atom. The molecule has 0 spiro atoms. The maximum absolute atomic E-state index is 11.1. The van der Waals surface area contributed by atoms with Crippen molar-refractivity contribution < 1.29 is 18.4 Å². The Hall–Kier alpha value is -0.170. The summed E-state index contributed by atoms with van der Waals surface area (Å²) in [5.74, 6) is -0.413. The van der Waals surface area contributed by atoms with Gasteiger partial charge in [-0.3, -0.25) is 4.55 Å². The van der Waals surface area contributed by atoms with Gasteiger partial charge in [-0.05, 0) is 26.2 Å². The maximum Gasteiger partial charge on any atom is 0.265 e. The van der Waals surface area contributed by atoms with E-state index in [0.29, 0.717) is 0 Å². The molecule has 0 saturated carbocycles. The summed E-state index contributed by atoms with van der Waals surface area (Å²) in [7, 11) is -3.96. The number of nitrogens with two attached hydrogens (primary N) is 1. The van der Waals surface area contributed by atoms with Gasteiger partial charge in [0.05, 0.1) is 5.75 Å². The van der Waals surface area contributed by atoms with Crippen molar-refractivity contribution in [2.45, 2.75) is 123 Å². The van der Waals surface area contributed by atoms with E-state index in [4.69, 9.17) is 10.3 Å². The molecule has 166 valence electrons. The third-order valence-electron chi connectivity index (χ3n) is 5.37. The van der Waals surface area contributed by atoms with Gasteiger partial charge < -0.3 is 11.2 Å². The predicted octanol–water partition coefficient (Wildman–Crippen LogP) is 5.27. The Morgan fingerprint density at radius 2 is 1.11 bits per heavy atom. The molecular weight excluding hydrogens is 362 g/mol.